The van der Waals surface area contributed by atoms with Gasteiger partial charge < -0.3 is 14.7 Å². The first-order valence-electron chi connectivity index (χ1n) is 13.2. The van der Waals surface area contributed by atoms with Crippen LogP contribution >= 0.6 is 0 Å². The number of piperazine rings is 1. The SMILES string of the molecule is CCN(c1nc(-c2ccc(F)c(F)c2)nc(N2CCN(c3ncccc3C(F)(F)F)CC2)n1)C1CCCCC1. The standard InChI is InChI=1S/C27H30F5N7/c1-2-39(19-7-4-3-5-8-19)26-35-23(18-10-11-21(28)22(29)17-18)34-25(36-26)38-15-13-37(14-16-38)24-20(27(30,31)32)9-6-12-33-24/h6,9-12,17,19H,2-5,7-8,13-16H2,1H3. The quantitative estimate of drug-likeness (QED) is 0.366. The van der Waals surface area contributed by atoms with E-state index in [1.807, 2.05) is 11.8 Å². The molecule has 3 heterocycles. The third kappa shape index (κ3) is 5.89. The van der Waals surface area contributed by atoms with E-state index in [2.05, 4.69) is 19.9 Å². The molecule has 1 aliphatic heterocycles. The lowest BCUT2D eigenvalue weighted by Crippen LogP contribution is -2.48. The maximum atomic E-state index is 14.1. The summed E-state index contributed by atoms with van der Waals surface area (Å²) in [5.74, 6) is -1.03. The van der Waals surface area contributed by atoms with E-state index in [0.29, 0.717) is 37.1 Å². The second-order valence-electron chi connectivity index (χ2n) is 9.81. The molecular weight excluding hydrogens is 517 g/mol. The van der Waals surface area contributed by atoms with Crippen LogP contribution in [0.2, 0.25) is 0 Å². The molecule has 3 aromatic rings. The highest BCUT2D eigenvalue weighted by Gasteiger charge is 2.36. The Morgan fingerprint density at radius 3 is 2.28 bits per heavy atom. The number of halogens is 5. The van der Waals surface area contributed by atoms with Gasteiger partial charge in [-0.3, -0.25) is 0 Å². The third-order valence-electron chi connectivity index (χ3n) is 7.36. The molecule has 208 valence electrons. The van der Waals surface area contributed by atoms with E-state index in [0.717, 1.165) is 43.9 Å². The van der Waals surface area contributed by atoms with Gasteiger partial charge in [0.1, 0.15) is 5.82 Å². The first kappa shape index (κ1) is 27.0. The van der Waals surface area contributed by atoms with E-state index in [-0.39, 0.29) is 30.8 Å². The van der Waals surface area contributed by atoms with Crippen LogP contribution in [0.4, 0.5) is 39.7 Å². The van der Waals surface area contributed by atoms with Crippen molar-refractivity contribution >= 4 is 17.7 Å². The van der Waals surface area contributed by atoms with Crippen molar-refractivity contribution < 1.29 is 22.0 Å². The molecule has 1 aliphatic carbocycles. The molecule has 0 bridgehead atoms. The number of hydrogen-bond donors (Lipinski definition) is 0. The molecule has 0 atom stereocenters. The summed E-state index contributed by atoms with van der Waals surface area (Å²) in [6.45, 7) is 3.95. The van der Waals surface area contributed by atoms with Crippen molar-refractivity contribution in [3.63, 3.8) is 0 Å². The Kier molecular flexibility index (Phi) is 7.81. The molecule has 0 unspecified atom stereocenters. The molecule has 0 N–H and O–H groups in total. The molecule has 1 saturated carbocycles. The first-order chi connectivity index (χ1) is 18.7. The zero-order valence-corrected chi connectivity index (χ0v) is 21.6. The molecule has 1 saturated heterocycles. The molecule has 5 rings (SSSR count). The van der Waals surface area contributed by atoms with Gasteiger partial charge in [0.25, 0.3) is 0 Å². The van der Waals surface area contributed by atoms with E-state index < -0.39 is 23.4 Å². The average molecular weight is 548 g/mol. The second-order valence-corrected chi connectivity index (χ2v) is 9.81. The van der Waals surface area contributed by atoms with Gasteiger partial charge in [0.15, 0.2) is 17.5 Å². The Balaban J connectivity index is 1.45. The van der Waals surface area contributed by atoms with Gasteiger partial charge in [0.05, 0.1) is 5.56 Å². The Labute approximate surface area is 223 Å². The number of rotatable bonds is 6. The highest BCUT2D eigenvalue weighted by atomic mass is 19.4. The van der Waals surface area contributed by atoms with Crippen LogP contribution in [0.1, 0.15) is 44.6 Å². The average Bonchev–Trinajstić information content (AvgIpc) is 2.95. The molecule has 0 spiro atoms. The zero-order valence-electron chi connectivity index (χ0n) is 21.6. The van der Waals surface area contributed by atoms with Gasteiger partial charge >= 0.3 is 6.18 Å². The minimum atomic E-state index is -4.51. The molecule has 7 nitrogen and oxygen atoms in total. The van der Waals surface area contributed by atoms with Crippen molar-refractivity contribution in [1.29, 1.82) is 0 Å². The lowest BCUT2D eigenvalue weighted by atomic mass is 9.94. The fourth-order valence-corrected chi connectivity index (χ4v) is 5.33. The van der Waals surface area contributed by atoms with Crippen molar-refractivity contribution in [1.82, 2.24) is 19.9 Å². The summed E-state index contributed by atoms with van der Waals surface area (Å²) in [7, 11) is 0. The van der Waals surface area contributed by atoms with E-state index in [1.54, 1.807) is 4.90 Å². The van der Waals surface area contributed by atoms with Gasteiger partial charge in [-0.05, 0) is 50.1 Å². The Morgan fingerprint density at radius 2 is 1.62 bits per heavy atom. The summed E-state index contributed by atoms with van der Waals surface area (Å²) < 4.78 is 68.4. The molecular formula is C27H30F5N7. The van der Waals surface area contributed by atoms with Crippen LogP contribution in [-0.2, 0) is 6.18 Å². The van der Waals surface area contributed by atoms with Crippen LogP contribution in [0, 0.1) is 11.6 Å². The highest BCUT2D eigenvalue weighted by molar-refractivity contribution is 5.59. The van der Waals surface area contributed by atoms with Crippen molar-refractivity contribution in [2.24, 2.45) is 0 Å². The van der Waals surface area contributed by atoms with E-state index in [9.17, 15) is 22.0 Å². The van der Waals surface area contributed by atoms with Crippen LogP contribution in [0.5, 0.6) is 0 Å². The molecule has 1 aromatic carbocycles. The summed E-state index contributed by atoms with van der Waals surface area (Å²) in [5.41, 5.74) is -0.451. The molecule has 39 heavy (non-hydrogen) atoms. The topological polar surface area (TPSA) is 61.3 Å². The second kappa shape index (κ2) is 11.3. The molecule has 2 aliphatic rings. The number of benzene rings is 1. The number of pyridine rings is 1. The van der Waals surface area contributed by atoms with Gasteiger partial charge in [0.2, 0.25) is 11.9 Å². The Hall–Kier alpha value is -3.57. The zero-order chi connectivity index (χ0) is 27.6. The third-order valence-corrected chi connectivity index (χ3v) is 7.36. The van der Waals surface area contributed by atoms with Crippen LogP contribution < -0.4 is 14.7 Å². The van der Waals surface area contributed by atoms with E-state index >= 15 is 0 Å². The molecule has 0 radical (unpaired) electrons. The predicted molar refractivity (Wildman–Crippen MR) is 139 cm³/mol. The molecule has 12 heteroatoms. The highest BCUT2D eigenvalue weighted by Crippen LogP contribution is 2.36. The summed E-state index contributed by atoms with van der Waals surface area (Å²) >= 11 is 0. The Bertz CT molecular complexity index is 1290. The van der Waals surface area contributed by atoms with Crippen LogP contribution in [-0.4, -0.2) is 58.7 Å². The summed E-state index contributed by atoms with van der Waals surface area (Å²) in [5, 5.41) is 0. The number of aromatic nitrogens is 4. The number of alkyl halides is 3. The minimum Gasteiger partial charge on any atom is -0.353 e. The maximum Gasteiger partial charge on any atom is 0.419 e. The largest absolute Gasteiger partial charge is 0.419 e. The normalized spacial score (nSPS) is 17.0. The lowest BCUT2D eigenvalue weighted by Gasteiger charge is -2.37. The number of nitrogens with zero attached hydrogens (tertiary/aromatic N) is 7. The van der Waals surface area contributed by atoms with E-state index in [1.165, 1.54) is 24.8 Å². The van der Waals surface area contributed by atoms with Crippen LogP contribution in [0.15, 0.2) is 36.5 Å². The van der Waals surface area contributed by atoms with Gasteiger partial charge in [-0.2, -0.15) is 28.1 Å². The van der Waals surface area contributed by atoms with Gasteiger partial charge in [-0.25, -0.2) is 13.8 Å². The van der Waals surface area contributed by atoms with Gasteiger partial charge in [0, 0.05) is 50.5 Å². The fourth-order valence-electron chi connectivity index (χ4n) is 5.33. The van der Waals surface area contributed by atoms with Gasteiger partial charge in [-0.1, -0.05) is 19.3 Å². The summed E-state index contributed by atoms with van der Waals surface area (Å²) in [6.07, 6.45) is 2.29. The number of hydrogen-bond acceptors (Lipinski definition) is 7. The molecule has 2 fully saturated rings. The molecule has 0 amide bonds. The van der Waals surface area contributed by atoms with Gasteiger partial charge in [-0.15, -0.1) is 0 Å². The first-order valence-corrected chi connectivity index (χ1v) is 13.2. The van der Waals surface area contributed by atoms with Crippen molar-refractivity contribution in [2.45, 2.75) is 51.2 Å². The molecule has 2 aromatic heterocycles. The smallest absolute Gasteiger partial charge is 0.353 e. The Morgan fingerprint density at radius 1 is 0.897 bits per heavy atom. The maximum absolute atomic E-state index is 14.1. The minimum absolute atomic E-state index is 0.0991. The lowest BCUT2D eigenvalue weighted by molar-refractivity contribution is -0.137. The fraction of sp³-hybridized carbons (Fsp3) is 0.481. The van der Waals surface area contributed by atoms with Crippen molar-refractivity contribution in [3.05, 3.63) is 53.7 Å². The number of anilines is 3. The van der Waals surface area contributed by atoms with Crippen LogP contribution in [0.25, 0.3) is 11.4 Å². The van der Waals surface area contributed by atoms with Crippen molar-refractivity contribution in [2.75, 3.05) is 47.4 Å². The monoisotopic (exact) mass is 547 g/mol. The summed E-state index contributed by atoms with van der Waals surface area (Å²) in [6, 6.07) is 6.10. The predicted octanol–water partition coefficient (Wildman–Crippen LogP) is 5.72. The van der Waals surface area contributed by atoms with E-state index in [4.69, 9.17) is 4.98 Å². The van der Waals surface area contributed by atoms with Crippen LogP contribution in [0.3, 0.4) is 0 Å². The summed E-state index contributed by atoms with van der Waals surface area (Å²) in [4.78, 5) is 23.7. The van der Waals surface area contributed by atoms with Crippen molar-refractivity contribution in [3.8, 4) is 11.4 Å².